The second-order valence-corrected chi connectivity index (χ2v) is 7.56. The second-order valence-electron chi connectivity index (χ2n) is 6.85. The van der Waals surface area contributed by atoms with E-state index < -0.39 is 29.4 Å². The zero-order valence-electron chi connectivity index (χ0n) is 16.3. The number of aromatic nitrogens is 3. The second kappa shape index (κ2) is 8.35. The van der Waals surface area contributed by atoms with Crippen LogP contribution in [0.5, 0.6) is 0 Å². The summed E-state index contributed by atoms with van der Waals surface area (Å²) in [6.07, 6.45) is -8.61. The van der Waals surface area contributed by atoms with Crippen LogP contribution in [-0.2, 0) is 12.4 Å². The van der Waals surface area contributed by atoms with Gasteiger partial charge in [-0.15, -0.1) is 11.3 Å². The van der Waals surface area contributed by atoms with Gasteiger partial charge in [-0.25, -0.2) is 9.97 Å². The number of nitrogens with one attached hydrogen (secondary N) is 2. The largest absolute Gasteiger partial charge is 0.416 e. The third-order valence-electron chi connectivity index (χ3n) is 4.56. The number of carbonyl (C=O) groups is 1. The summed E-state index contributed by atoms with van der Waals surface area (Å²) in [6.45, 7) is 0. The Morgan fingerprint density at radius 1 is 0.879 bits per heavy atom. The molecule has 0 saturated carbocycles. The van der Waals surface area contributed by atoms with Crippen LogP contribution in [0.2, 0.25) is 0 Å². The number of nitrogens with zero attached hydrogens (tertiary/aromatic N) is 2. The molecular formula is C21H12F6N4OS. The first-order chi connectivity index (χ1) is 15.5. The Balaban J connectivity index is 1.60. The van der Waals surface area contributed by atoms with Gasteiger partial charge in [0.15, 0.2) is 0 Å². The van der Waals surface area contributed by atoms with E-state index in [1.54, 1.807) is 29.6 Å². The van der Waals surface area contributed by atoms with Gasteiger partial charge in [0.05, 0.1) is 28.5 Å². The third kappa shape index (κ3) is 5.06. The minimum absolute atomic E-state index is 0.0615. The van der Waals surface area contributed by atoms with Crippen LogP contribution in [0.3, 0.4) is 0 Å². The molecule has 33 heavy (non-hydrogen) atoms. The number of benzene rings is 2. The van der Waals surface area contributed by atoms with Crippen LogP contribution >= 0.6 is 11.3 Å². The number of aromatic amines is 1. The number of halogens is 6. The molecule has 12 heteroatoms. The van der Waals surface area contributed by atoms with Crippen molar-refractivity contribution in [3.05, 3.63) is 76.4 Å². The highest BCUT2D eigenvalue weighted by Crippen LogP contribution is 2.38. The zero-order valence-corrected chi connectivity index (χ0v) is 17.1. The quantitative estimate of drug-likeness (QED) is 0.327. The molecule has 0 atom stereocenters. The van der Waals surface area contributed by atoms with Crippen LogP contribution in [0.15, 0.2) is 59.6 Å². The molecule has 2 N–H and O–H groups in total. The van der Waals surface area contributed by atoms with E-state index in [-0.39, 0.29) is 23.1 Å². The molecule has 0 aliphatic carbocycles. The van der Waals surface area contributed by atoms with Crippen LogP contribution < -0.4 is 5.32 Å². The number of amides is 1. The molecule has 0 spiro atoms. The summed E-state index contributed by atoms with van der Waals surface area (Å²) >= 11 is 1.28. The average Bonchev–Trinajstić information content (AvgIpc) is 3.45. The summed E-state index contributed by atoms with van der Waals surface area (Å²) in [5, 5.41) is 4.25. The Kier molecular flexibility index (Phi) is 5.70. The van der Waals surface area contributed by atoms with Crippen molar-refractivity contribution in [1.82, 2.24) is 15.0 Å². The lowest BCUT2D eigenvalue weighted by Crippen LogP contribution is -2.11. The van der Waals surface area contributed by atoms with E-state index in [2.05, 4.69) is 20.3 Å². The minimum Gasteiger partial charge on any atom is -0.338 e. The van der Waals surface area contributed by atoms with Crippen molar-refractivity contribution in [2.45, 2.75) is 12.4 Å². The molecule has 2 aromatic carbocycles. The normalized spacial score (nSPS) is 12.1. The van der Waals surface area contributed by atoms with Crippen molar-refractivity contribution < 1.29 is 31.1 Å². The first kappa shape index (κ1) is 22.5. The van der Waals surface area contributed by atoms with Crippen LogP contribution in [0.1, 0.15) is 21.6 Å². The number of carbonyl (C=O) groups excluding carboxylic acids is 1. The van der Waals surface area contributed by atoms with Gasteiger partial charge in [0, 0.05) is 16.6 Å². The summed E-state index contributed by atoms with van der Waals surface area (Å²) < 4.78 is 78.7. The van der Waals surface area contributed by atoms with Crippen LogP contribution in [0, 0.1) is 0 Å². The molecule has 0 fully saturated rings. The summed E-state index contributed by atoms with van der Waals surface area (Å²) in [4.78, 5) is 22.6. The van der Waals surface area contributed by atoms with E-state index >= 15 is 0 Å². The highest BCUT2D eigenvalue weighted by molar-refractivity contribution is 7.07. The van der Waals surface area contributed by atoms with E-state index in [0.29, 0.717) is 29.1 Å². The predicted molar refractivity (Wildman–Crippen MR) is 110 cm³/mol. The van der Waals surface area contributed by atoms with E-state index in [4.69, 9.17) is 0 Å². The maximum absolute atomic E-state index is 13.1. The van der Waals surface area contributed by atoms with Crippen LogP contribution in [0.25, 0.3) is 22.6 Å². The van der Waals surface area contributed by atoms with E-state index in [1.165, 1.54) is 23.0 Å². The number of rotatable bonds is 4. The molecule has 0 unspecified atom stereocenters. The number of H-pyrrole nitrogens is 1. The molecule has 0 bridgehead atoms. The Bertz CT molecular complexity index is 1250. The molecule has 2 aromatic heterocycles. The van der Waals surface area contributed by atoms with Crippen LogP contribution in [0.4, 0.5) is 32.0 Å². The lowest BCUT2D eigenvalue weighted by atomic mass is 10.0. The predicted octanol–water partition coefficient (Wildman–Crippen LogP) is 6.49. The van der Waals surface area contributed by atoms with Gasteiger partial charge in [0.25, 0.3) is 5.91 Å². The van der Waals surface area contributed by atoms with Gasteiger partial charge in [-0.05, 0) is 35.9 Å². The smallest absolute Gasteiger partial charge is 0.338 e. The molecule has 0 aliphatic rings. The number of hydrogen-bond donors (Lipinski definition) is 2. The van der Waals surface area contributed by atoms with Crippen molar-refractivity contribution in [3.8, 4) is 22.6 Å². The van der Waals surface area contributed by atoms with E-state index in [1.807, 2.05) is 0 Å². The van der Waals surface area contributed by atoms with Crippen molar-refractivity contribution in [2.75, 3.05) is 5.32 Å². The number of imidazole rings is 1. The maximum atomic E-state index is 13.1. The monoisotopic (exact) mass is 482 g/mol. The molecule has 2 heterocycles. The Morgan fingerprint density at radius 2 is 1.52 bits per heavy atom. The molecule has 5 nitrogen and oxygen atoms in total. The van der Waals surface area contributed by atoms with Crippen molar-refractivity contribution >= 4 is 22.9 Å². The Morgan fingerprint density at radius 3 is 2.06 bits per heavy atom. The standard InChI is InChI=1S/C21H12F6N4OS/c22-20(23,24)13-5-12(6-14(7-13)21(25,26)27)18-28-8-16(31-18)11-1-3-15(4-2-11)30-19(32)17-9-33-10-29-17/h1-10H,(H,28,31)(H,30,32). The van der Waals surface area contributed by atoms with Gasteiger partial charge >= 0.3 is 12.4 Å². The van der Waals surface area contributed by atoms with E-state index in [9.17, 15) is 31.1 Å². The molecule has 0 saturated heterocycles. The van der Waals surface area contributed by atoms with Crippen molar-refractivity contribution in [3.63, 3.8) is 0 Å². The molecular weight excluding hydrogens is 470 g/mol. The fraction of sp³-hybridized carbons (Fsp3) is 0.0952. The van der Waals surface area contributed by atoms with Gasteiger partial charge < -0.3 is 10.3 Å². The Hall–Kier alpha value is -3.67. The summed E-state index contributed by atoms with van der Waals surface area (Å²) in [6, 6.07) is 7.68. The topological polar surface area (TPSA) is 70.7 Å². The summed E-state index contributed by atoms with van der Waals surface area (Å²) in [7, 11) is 0. The number of alkyl halides is 6. The highest BCUT2D eigenvalue weighted by Gasteiger charge is 2.37. The fourth-order valence-electron chi connectivity index (χ4n) is 2.96. The first-order valence-corrected chi connectivity index (χ1v) is 10.1. The molecule has 4 aromatic rings. The number of hydrogen-bond acceptors (Lipinski definition) is 4. The summed E-state index contributed by atoms with van der Waals surface area (Å²) in [5.74, 6) is -0.541. The van der Waals surface area contributed by atoms with Crippen molar-refractivity contribution in [2.24, 2.45) is 0 Å². The van der Waals surface area contributed by atoms with Crippen LogP contribution in [-0.4, -0.2) is 20.9 Å². The average molecular weight is 482 g/mol. The van der Waals surface area contributed by atoms with Gasteiger partial charge in [0.2, 0.25) is 0 Å². The molecule has 0 radical (unpaired) electrons. The molecule has 4 rings (SSSR count). The third-order valence-corrected chi connectivity index (χ3v) is 5.14. The van der Waals surface area contributed by atoms with Crippen molar-refractivity contribution in [1.29, 1.82) is 0 Å². The molecule has 1 amide bonds. The van der Waals surface area contributed by atoms with Gasteiger partial charge in [-0.2, -0.15) is 26.3 Å². The SMILES string of the molecule is O=C(Nc1ccc(-c2cnc(-c3cc(C(F)(F)F)cc(C(F)(F)F)c3)[nH]2)cc1)c1cscn1. The number of thiazole rings is 1. The van der Waals surface area contributed by atoms with Gasteiger partial charge in [-0.1, -0.05) is 12.1 Å². The maximum Gasteiger partial charge on any atom is 0.416 e. The minimum atomic E-state index is -4.95. The zero-order chi connectivity index (χ0) is 23.8. The van der Waals surface area contributed by atoms with E-state index in [0.717, 1.165) is 0 Å². The van der Waals surface area contributed by atoms with Gasteiger partial charge in [-0.3, -0.25) is 4.79 Å². The fourth-order valence-corrected chi connectivity index (χ4v) is 3.49. The molecule has 0 aliphatic heterocycles. The lowest BCUT2D eigenvalue weighted by Gasteiger charge is -2.13. The lowest BCUT2D eigenvalue weighted by molar-refractivity contribution is -0.143. The first-order valence-electron chi connectivity index (χ1n) is 9.15. The molecule has 170 valence electrons. The number of anilines is 1. The highest BCUT2D eigenvalue weighted by atomic mass is 32.1. The van der Waals surface area contributed by atoms with Gasteiger partial charge in [0.1, 0.15) is 11.5 Å². The Labute approximate surface area is 186 Å². The summed E-state index contributed by atoms with van der Waals surface area (Å²) in [5.41, 5.74) is -0.00956.